The van der Waals surface area contributed by atoms with Gasteiger partial charge in [-0.2, -0.15) is 5.10 Å². The molecular weight excluding hydrogens is 363 g/mol. The molecule has 0 aliphatic rings. The number of hydrogen-bond donors (Lipinski definition) is 1. The summed E-state index contributed by atoms with van der Waals surface area (Å²) in [5.74, 6) is -0.193. The fourth-order valence-electron chi connectivity index (χ4n) is 1.70. The Bertz CT molecular complexity index is 648. The van der Waals surface area contributed by atoms with E-state index in [1.54, 1.807) is 6.07 Å². The lowest BCUT2D eigenvalue weighted by molar-refractivity contribution is 0.0954. The molecule has 0 bridgehead atoms. The molecule has 0 atom stereocenters. The van der Waals surface area contributed by atoms with E-state index >= 15 is 0 Å². The van der Waals surface area contributed by atoms with Crippen LogP contribution in [-0.2, 0) is 0 Å². The van der Waals surface area contributed by atoms with Gasteiger partial charge in [-0.1, -0.05) is 42.0 Å². The average Bonchev–Trinajstić information content (AvgIpc) is 2.45. The van der Waals surface area contributed by atoms with E-state index in [1.807, 2.05) is 56.3 Å². The molecule has 1 N–H and O–H groups in total. The Balaban J connectivity index is 2.11. The summed E-state index contributed by atoms with van der Waals surface area (Å²) in [7, 11) is 0. The second-order valence-corrected chi connectivity index (χ2v) is 5.65. The van der Waals surface area contributed by atoms with Gasteiger partial charge in [-0.3, -0.25) is 4.79 Å². The molecule has 0 fully saturated rings. The van der Waals surface area contributed by atoms with E-state index in [0.717, 1.165) is 14.8 Å². The van der Waals surface area contributed by atoms with Gasteiger partial charge in [0.15, 0.2) is 0 Å². The smallest absolute Gasteiger partial charge is 0.267 e. The standard InChI is InChI=1S/C16H15IN2O/c1-11-7-9-13(10-8-11)12(2)18-19-16(20)14-5-3-4-6-15(14)17/h3-10H,1-2H3,(H,19,20). The molecule has 2 aromatic rings. The van der Waals surface area contributed by atoms with Crippen LogP contribution in [0, 0.1) is 10.5 Å². The molecule has 0 saturated heterocycles. The summed E-state index contributed by atoms with van der Waals surface area (Å²) < 4.78 is 0.908. The first-order valence-corrected chi connectivity index (χ1v) is 7.32. The molecule has 0 aromatic heterocycles. The maximum atomic E-state index is 12.0. The number of amides is 1. The van der Waals surface area contributed by atoms with Crippen LogP contribution in [0.1, 0.15) is 28.4 Å². The number of nitrogens with one attached hydrogen (secondary N) is 1. The molecule has 0 unspecified atom stereocenters. The van der Waals surface area contributed by atoms with Crippen molar-refractivity contribution in [2.24, 2.45) is 5.10 Å². The third-order valence-electron chi connectivity index (χ3n) is 2.91. The summed E-state index contributed by atoms with van der Waals surface area (Å²) in [6, 6.07) is 15.5. The van der Waals surface area contributed by atoms with Crippen molar-refractivity contribution in [3.8, 4) is 0 Å². The lowest BCUT2D eigenvalue weighted by atomic mass is 10.1. The molecule has 2 aromatic carbocycles. The minimum atomic E-state index is -0.193. The number of rotatable bonds is 3. The Morgan fingerprint density at radius 2 is 1.75 bits per heavy atom. The number of carbonyl (C=O) groups excluding carboxylic acids is 1. The molecular formula is C16H15IN2O. The summed E-state index contributed by atoms with van der Waals surface area (Å²) in [4.78, 5) is 12.0. The normalized spacial score (nSPS) is 11.2. The third-order valence-corrected chi connectivity index (χ3v) is 3.85. The number of hydrazone groups is 1. The van der Waals surface area contributed by atoms with E-state index in [-0.39, 0.29) is 5.91 Å². The van der Waals surface area contributed by atoms with E-state index in [2.05, 4.69) is 33.1 Å². The average molecular weight is 378 g/mol. The van der Waals surface area contributed by atoms with Gasteiger partial charge in [0.25, 0.3) is 5.91 Å². The maximum Gasteiger partial charge on any atom is 0.272 e. The second kappa shape index (κ2) is 6.65. The highest BCUT2D eigenvalue weighted by Crippen LogP contribution is 2.11. The van der Waals surface area contributed by atoms with Gasteiger partial charge in [-0.15, -0.1) is 0 Å². The van der Waals surface area contributed by atoms with Gasteiger partial charge in [0.1, 0.15) is 0 Å². The molecule has 0 radical (unpaired) electrons. The molecule has 0 heterocycles. The van der Waals surface area contributed by atoms with Gasteiger partial charge in [0.05, 0.1) is 11.3 Å². The van der Waals surface area contributed by atoms with Crippen LogP contribution in [0.25, 0.3) is 0 Å². The molecule has 0 saturated carbocycles. The minimum Gasteiger partial charge on any atom is -0.267 e. The molecule has 0 spiro atoms. The molecule has 102 valence electrons. The molecule has 1 amide bonds. The van der Waals surface area contributed by atoms with Crippen molar-refractivity contribution in [2.75, 3.05) is 0 Å². The van der Waals surface area contributed by atoms with Crippen molar-refractivity contribution in [1.29, 1.82) is 0 Å². The number of carbonyl (C=O) groups is 1. The summed E-state index contributed by atoms with van der Waals surface area (Å²) in [6.45, 7) is 3.91. The van der Waals surface area contributed by atoms with E-state index in [9.17, 15) is 4.79 Å². The van der Waals surface area contributed by atoms with E-state index in [4.69, 9.17) is 0 Å². The summed E-state index contributed by atoms with van der Waals surface area (Å²) in [5, 5.41) is 4.16. The maximum absolute atomic E-state index is 12.0. The zero-order chi connectivity index (χ0) is 14.5. The van der Waals surface area contributed by atoms with E-state index < -0.39 is 0 Å². The number of benzene rings is 2. The van der Waals surface area contributed by atoms with Crippen LogP contribution in [0.2, 0.25) is 0 Å². The minimum absolute atomic E-state index is 0.193. The summed E-state index contributed by atoms with van der Waals surface area (Å²) in [6.07, 6.45) is 0. The van der Waals surface area contributed by atoms with Crippen molar-refractivity contribution in [3.63, 3.8) is 0 Å². The number of aryl methyl sites for hydroxylation is 1. The number of halogens is 1. The lowest BCUT2D eigenvalue weighted by Crippen LogP contribution is -2.20. The van der Waals surface area contributed by atoms with Gasteiger partial charge in [-0.05, 0) is 54.1 Å². The third kappa shape index (κ3) is 3.66. The van der Waals surface area contributed by atoms with Gasteiger partial charge < -0.3 is 0 Å². The fraction of sp³-hybridized carbons (Fsp3) is 0.125. The first-order valence-electron chi connectivity index (χ1n) is 6.24. The first kappa shape index (κ1) is 14.7. The van der Waals surface area contributed by atoms with Crippen LogP contribution in [0.5, 0.6) is 0 Å². The highest BCUT2D eigenvalue weighted by molar-refractivity contribution is 14.1. The van der Waals surface area contributed by atoms with Crippen LogP contribution in [0.3, 0.4) is 0 Å². The monoisotopic (exact) mass is 378 g/mol. The Hall–Kier alpha value is -1.69. The zero-order valence-corrected chi connectivity index (χ0v) is 13.5. The molecule has 3 nitrogen and oxygen atoms in total. The summed E-state index contributed by atoms with van der Waals surface area (Å²) >= 11 is 2.14. The molecule has 2 rings (SSSR count). The Morgan fingerprint density at radius 1 is 1.10 bits per heavy atom. The number of nitrogens with zero attached hydrogens (tertiary/aromatic N) is 1. The van der Waals surface area contributed by atoms with Crippen LogP contribution < -0.4 is 5.43 Å². The molecule has 0 aliphatic heterocycles. The highest BCUT2D eigenvalue weighted by Gasteiger charge is 2.08. The van der Waals surface area contributed by atoms with Gasteiger partial charge in [0.2, 0.25) is 0 Å². The zero-order valence-electron chi connectivity index (χ0n) is 11.4. The highest BCUT2D eigenvalue weighted by atomic mass is 127. The van der Waals surface area contributed by atoms with Gasteiger partial charge in [0, 0.05) is 3.57 Å². The van der Waals surface area contributed by atoms with Crippen molar-refractivity contribution in [2.45, 2.75) is 13.8 Å². The van der Waals surface area contributed by atoms with Crippen molar-refractivity contribution in [3.05, 3.63) is 68.8 Å². The quantitative estimate of drug-likeness (QED) is 0.493. The second-order valence-electron chi connectivity index (χ2n) is 4.48. The molecule has 0 aliphatic carbocycles. The first-order chi connectivity index (χ1) is 9.58. The Kier molecular flexibility index (Phi) is 4.89. The Labute approximate surface area is 132 Å². The summed E-state index contributed by atoms with van der Waals surface area (Å²) in [5.41, 5.74) is 6.21. The molecule has 20 heavy (non-hydrogen) atoms. The van der Waals surface area contributed by atoms with Crippen molar-refractivity contribution >= 4 is 34.2 Å². The van der Waals surface area contributed by atoms with Crippen LogP contribution in [0.15, 0.2) is 53.6 Å². The van der Waals surface area contributed by atoms with E-state index in [0.29, 0.717) is 5.56 Å². The molecule has 4 heteroatoms. The van der Waals surface area contributed by atoms with Crippen molar-refractivity contribution < 1.29 is 4.79 Å². The Morgan fingerprint density at radius 3 is 2.40 bits per heavy atom. The largest absolute Gasteiger partial charge is 0.272 e. The lowest BCUT2D eigenvalue weighted by Gasteiger charge is -2.05. The van der Waals surface area contributed by atoms with Gasteiger partial charge >= 0.3 is 0 Å². The van der Waals surface area contributed by atoms with Gasteiger partial charge in [-0.25, -0.2) is 5.43 Å². The fourth-order valence-corrected chi connectivity index (χ4v) is 2.33. The SMILES string of the molecule is CC(=NNC(=O)c1ccccc1I)c1ccc(C)cc1. The van der Waals surface area contributed by atoms with Crippen molar-refractivity contribution in [1.82, 2.24) is 5.43 Å². The predicted molar refractivity (Wildman–Crippen MR) is 90.0 cm³/mol. The van der Waals surface area contributed by atoms with Crippen LogP contribution >= 0.6 is 22.6 Å². The number of hydrogen-bond acceptors (Lipinski definition) is 2. The predicted octanol–water partition coefficient (Wildman–Crippen LogP) is 3.75. The topological polar surface area (TPSA) is 41.5 Å². The van der Waals surface area contributed by atoms with E-state index in [1.165, 1.54) is 5.56 Å². The van der Waals surface area contributed by atoms with Crippen LogP contribution in [0.4, 0.5) is 0 Å². The van der Waals surface area contributed by atoms with Crippen LogP contribution in [-0.4, -0.2) is 11.6 Å².